The molecule has 0 aliphatic carbocycles. The first-order chi connectivity index (χ1) is 8.36. The van der Waals surface area contributed by atoms with Crippen molar-refractivity contribution < 1.29 is 0 Å². The predicted octanol–water partition coefficient (Wildman–Crippen LogP) is 2.91. The third kappa shape index (κ3) is 1.95. The zero-order chi connectivity index (χ0) is 11.7. The molecule has 0 saturated heterocycles. The monoisotopic (exact) mass is 220 g/mol. The number of fused-ring (bicyclic) bond motifs is 2. The van der Waals surface area contributed by atoms with E-state index < -0.39 is 0 Å². The lowest BCUT2D eigenvalue weighted by Crippen LogP contribution is -2.11. The first-order valence-electron chi connectivity index (χ1n) is 6.14. The summed E-state index contributed by atoms with van der Waals surface area (Å²) in [5.74, 6) is 0. The van der Waals surface area contributed by atoms with E-state index in [-0.39, 0.29) is 0 Å². The fraction of sp³-hybridized carbons (Fsp3) is 0.200. The van der Waals surface area contributed by atoms with Crippen LogP contribution in [-0.2, 0) is 12.8 Å². The molecule has 2 heteroatoms. The Morgan fingerprint density at radius 1 is 0.941 bits per heavy atom. The maximum atomic E-state index is 3.54. The summed E-state index contributed by atoms with van der Waals surface area (Å²) in [6.07, 6.45) is 2.23. The van der Waals surface area contributed by atoms with Crippen molar-refractivity contribution in [2.75, 3.05) is 5.32 Å². The third-order valence-corrected chi connectivity index (χ3v) is 3.41. The number of rotatable bonds is 1. The summed E-state index contributed by atoms with van der Waals surface area (Å²) < 4.78 is 0. The Morgan fingerprint density at radius 3 is 2.59 bits per heavy atom. The minimum absolute atomic E-state index is 1.11. The van der Waals surface area contributed by atoms with Crippen molar-refractivity contribution in [1.29, 1.82) is 0 Å². The lowest BCUT2D eigenvalue weighted by molar-refractivity contribution is 0.979. The average molecular weight is 220 g/mol. The highest BCUT2D eigenvalue weighted by Crippen LogP contribution is 2.28. The molecule has 0 spiro atoms. The van der Waals surface area contributed by atoms with Gasteiger partial charge in [-0.05, 0) is 36.1 Å². The van der Waals surface area contributed by atoms with Crippen LogP contribution in [0.3, 0.4) is 0 Å². The second-order valence-corrected chi connectivity index (χ2v) is 4.49. The van der Waals surface area contributed by atoms with E-state index in [1.807, 2.05) is 0 Å². The van der Waals surface area contributed by atoms with Crippen LogP contribution in [0.15, 0.2) is 42.5 Å². The number of anilines is 2. The van der Waals surface area contributed by atoms with Crippen molar-refractivity contribution in [1.82, 2.24) is 0 Å². The highest BCUT2D eigenvalue weighted by atomic mass is 14.9. The van der Waals surface area contributed by atoms with Gasteiger partial charge in [0.05, 0.1) is 0 Å². The van der Waals surface area contributed by atoms with E-state index in [1.165, 1.54) is 28.0 Å². The van der Waals surface area contributed by atoms with Crippen LogP contribution in [-0.4, -0.2) is 7.28 Å². The summed E-state index contributed by atoms with van der Waals surface area (Å²) in [7, 11) is 2.15. The minimum Gasteiger partial charge on any atom is -0.355 e. The lowest BCUT2D eigenvalue weighted by atomic mass is 9.72. The summed E-state index contributed by atoms with van der Waals surface area (Å²) in [5.41, 5.74) is 6.62. The SMILES string of the molecule is C[B]c1ccc2c(c1)CCc1ccccc1N2. The molecule has 0 fully saturated rings. The standard InChI is InChI=1S/C15H15BN/c1-16-13-8-9-15-12(10-13)7-6-11-4-2-3-5-14(11)17-15/h2-5,8-10,17H,6-7H2,1H3. The molecule has 0 saturated carbocycles. The van der Waals surface area contributed by atoms with Gasteiger partial charge in [0.2, 0.25) is 0 Å². The third-order valence-electron chi connectivity index (χ3n) is 3.41. The first-order valence-corrected chi connectivity index (χ1v) is 6.14. The Labute approximate surface area is 103 Å². The van der Waals surface area contributed by atoms with Gasteiger partial charge < -0.3 is 5.32 Å². The van der Waals surface area contributed by atoms with E-state index in [0.29, 0.717) is 0 Å². The van der Waals surface area contributed by atoms with Crippen molar-refractivity contribution in [3.8, 4) is 0 Å². The van der Waals surface area contributed by atoms with Gasteiger partial charge in [-0.3, -0.25) is 0 Å². The largest absolute Gasteiger partial charge is 0.355 e. The summed E-state index contributed by atoms with van der Waals surface area (Å²) in [5, 5.41) is 3.54. The molecule has 0 atom stereocenters. The van der Waals surface area contributed by atoms with Gasteiger partial charge in [0.25, 0.3) is 0 Å². The summed E-state index contributed by atoms with van der Waals surface area (Å²) in [6.45, 7) is 2.08. The molecular weight excluding hydrogens is 205 g/mol. The molecule has 17 heavy (non-hydrogen) atoms. The van der Waals surface area contributed by atoms with Crippen LogP contribution in [0.4, 0.5) is 11.4 Å². The van der Waals surface area contributed by atoms with E-state index in [9.17, 15) is 0 Å². The zero-order valence-corrected chi connectivity index (χ0v) is 10.0. The van der Waals surface area contributed by atoms with Crippen LogP contribution < -0.4 is 10.8 Å². The maximum Gasteiger partial charge on any atom is 0.148 e. The molecule has 2 aromatic rings. The topological polar surface area (TPSA) is 12.0 Å². The molecule has 0 unspecified atom stereocenters. The number of benzene rings is 2. The Balaban J connectivity index is 2.03. The maximum absolute atomic E-state index is 3.54. The molecular formula is C15H15BN. The van der Waals surface area contributed by atoms with Gasteiger partial charge in [-0.2, -0.15) is 0 Å². The Hall–Kier alpha value is -1.70. The normalized spacial score (nSPS) is 13.0. The second-order valence-electron chi connectivity index (χ2n) is 4.49. The number of para-hydroxylation sites is 1. The molecule has 1 heterocycles. The molecule has 1 N–H and O–H groups in total. The van der Waals surface area contributed by atoms with Crippen molar-refractivity contribution in [3.63, 3.8) is 0 Å². The fourth-order valence-electron chi connectivity index (χ4n) is 2.40. The molecule has 0 amide bonds. The van der Waals surface area contributed by atoms with Crippen LogP contribution in [0.25, 0.3) is 0 Å². The van der Waals surface area contributed by atoms with Crippen molar-refractivity contribution >= 4 is 24.1 Å². The van der Waals surface area contributed by atoms with Crippen LogP contribution in [0, 0.1) is 0 Å². The zero-order valence-electron chi connectivity index (χ0n) is 10.0. The molecule has 1 aliphatic heterocycles. The molecule has 1 nitrogen and oxygen atoms in total. The molecule has 1 radical (unpaired) electrons. The van der Waals surface area contributed by atoms with Crippen LogP contribution in [0.1, 0.15) is 11.1 Å². The van der Waals surface area contributed by atoms with Gasteiger partial charge in [0.1, 0.15) is 7.28 Å². The molecule has 1 aliphatic rings. The summed E-state index contributed by atoms with van der Waals surface area (Å²) in [6, 6.07) is 15.2. The van der Waals surface area contributed by atoms with Crippen LogP contribution >= 0.6 is 0 Å². The lowest BCUT2D eigenvalue weighted by Gasteiger charge is -2.10. The Bertz CT molecular complexity index is 548. The number of hydrogen-bond acceptors (Lipinski definition) is 1. The van der Waals surface area contributed by atoms with Gasteiger partial charge in [0, 0.05) is 11.4 Å². The van der Waals surface area contributed by atoms with Crippen LogP contribution in [0.2, 0.25) is 6.82 Å². The van der Waals surface area contributed by atoms with Gasteiger partial charge in [-0.25, -0.2) is 0 Å². The molecule has 83 valence electrons. The Morgan fingerprint density at radius 2 is 1.71 bits per heavy atom. The quantitative estimate of drug-likeness (QED) is 0.728. The van der Waals surface area contributed by atoms with E-state index in [4.69, 9.17) is 0 Å². The highest BCUT2D eigenvalue weighted by molar-refractivity contribution is 6.51. The predicted molar refractivity (Wildman–Crippen MR) is 74.8 cm³/mol. The number of nitrogens with one attached hydrogen (secondary N) is 1. The van der Waals surface area contributed by atoms with Crippen molar-refractivity contribution in [2.45, 2.75) is 19.7 Å². The van der Waals surface area contributed by atoms with Gasteiger partial charge in [0.15, 0.2) is 0 Å². The van der Waals surface area contributed by atoms with Crippen molar-refractivity contribution in [2.24, 2.45) is 0 Å². The van der Waals surface area contributed by atoms with E-state index in [1.54, 1.807) is 0 Å². The fourth-order valence-corrected chi connectivity index (χ4v) is 2.40. The van der Waals surface area contributed by atoms with E-state index in [0.717, 1.165) is 12.8 Å². The Kier molecular flexibility index (Phi) is 2.64. The van der Waals surface area contributed by atoms with E-state index >= 15 is 0 Å². The number of hydrogen-bond donors (Lipinski definition) is 1. The smallest absolute Gasteiger partial charge is 0.148 e. The molecule has 2 aromatic carbocycles. The van der Waals surface area contributed by atoms with E-state index in [2.05, 4.69) is 61.9 Å². The molecule has 0 bridgehead atoms. The second kappa shape index (κ2) is 4.29. The highest BCUT2D eigenvalue weighted by Gasteiger charge is 2.11. The number of aryl methyl sites for hydroxylation is 2. The van der Waals surface area contributed by atoms with Crippen molar-refractivity contribution in [3.05, 3.63) is 53.6 Å². The van der Waals surface area contributed by atoms with Crippen LogP contribution in [0.5, 0.6) is 0 Å². The molecule has 3 rings (SSSR count). The van der Waals surface area contributed by atoms with Gasteiger partial charge in [-0.1, -0.05) is 42.6 Å². The average Bonchev–Trinajstić information content (AvgIpc) is 2.57. The summed E-state index contributed by atoms with van der Waals surface area (Å²) >= 11 is 0. The first kappa shape index (κ1) is 10.5. The minimum atomic E-state index is 1.11. The summed E-state index contributed by atoms with van der Waals surface area (Å²) in [4.78, 5) is 0. The molecule has 0 aromatic heterocycles. The van der Waals surface area contributed by atoms with Gasteiger partial charge in [-0.15, -0.1) is 0 Å². The van der Waals surface area contributed by atoms with Gasteiger partial charge >= 0.3 is 0 Å².